The van der Waals surface area contributed by atoms with Gasteiger partial charge in [0.25, 0.3) is 0 Å². The highest BCUT2D eigenvalue weighted by molar-refractivity contribution is 5.88. The van der Waals surface area contributed by atoms with Crippen LogP contribution in [-0.2, 0) is 6.54 Å². The minimum atomic E-state index is -0.903. The molecule has 0 radical (unpaired) electrons. The average Bonchev–Trinajstić information content (AvgIpc) is 2.94. The van der Waals surface area contributed by atoms with Crippen LogP contribution in [0.5, 0.6) is 0 Å². The predicted molar refractivity (Wildman–Crippen MR) is 87.0 cm³/mol. The van der Waals surface area contributed by atoms with Gasteiger partial charge in [-0.15, -0.1) is 0 Å². The zero-order valence-electron chi connectivity index (χ0n) is 13.1. The Kier molecular flexibility index (Phi) is 5.27. The SMILES string of the molecule is O=C(NC[C@@H]1C[C@H](F)CN1Cc1ncccn1)Nc1ccccn1. The Morgan fingerprint density at radius 1 is 1.21 bits per heavy atom. The predicted octanol–water partition coefficient (Wildman–Crippen LogP) is 1.61. The van der Waals surface area contributed by atoms with E-state index >= 15 is 0 Å². The number of amides is 2. The highest BCUT2D eigenvalue weighted by atomic mass is 19.1. The number of likely N-dealkylation sites (tertiary alicyclic amines) is 1. The van der Waals surface area contributed by atoms with E-state index in [2.05, 4.69) is 25.6 Å². The molecule has 7 nitrogen and oxygen atoms in total. The summed E-state index contributed by atoms with van der Waals surface area (Å²) in [6.07, 6.45) is 4.41. The molecule has 3 rings (SSSR count). The molecule has 1 saturated heterocycles. The molecule has 2 atom stereocenters. The third-order valence-corrected chi connectivity index (χ3v) is 3.85. The van der Waals surface area contributed by atoms with Crippen LogP contribution in [-0.4, -0.2) is 51.2 Å². The van der Waals surface area contributed by atoms with Gasteiger partial charge in [-0.05, 0) is 24.6 Å². The number of nitrogens with zero attached hydrogens (tertiary/aromatic N) is 4. The van der Waals surface area contributed by atoms with Crippen LogP contribution in [0.3, 0.4) is 0 Å². The minimum Gasteiger partial charge on any atom is -0.336 e. The number of alkyl halides is 1. The first kappa shape index (κ1) is 16.3. The maximum Gasteiger partial charge on any atom is 0.320 e. The molecule has 126 valence electrons. The quantitative estimate of drug-likeness (QED) is 0.870. The van der Waals surface area contributed by atoms with Gasteiger partial charge in [0.05, 0.1) is 6.54 Å². The lowest BCUT2D eigenvalue weighted by atomic mass is 10.2. The van der Waals surface area contributed by atoms with Gasteiger partial charge >= 0.3 is 6.03 Å². The van der Waals surface area contributed by atoms with Crippen LogP contribution in [0.15, 0.2) is 42.9 Å². The van der Waals surface area contributed by atoms with Crippen molar-refractivity contribution < 1.29 is 9.18 Å². The zero-order valence-corrected chi connectivity index (χ0v) is 13.1. The molecule has 3 heterocycles. The van der Waals surface area contributed by atoms with Gasteiger partial charge in [0, 0.05) is 37.7 Å². The lowest BCUT2D eigenvalue weighted by molar-refractivity contribution is 0.220. The first-order valence-electron chi connectivity index (χ1n) is 7.80. The number of carbonyl (C=O) groups excluding carboxylic acids is 1. The van der Waals surface area contributed by atoms with Crippen molar-refractivity contribution >= 4 is 11.8 Å². The third-order valence-electron chi connectivity index (χ3n) is 3.85. The number of halogens is 1. The van der Waals surface area contributed by atoms with Crippen molar-refractivity contribution in [1.29, 1.82) is 0 Å². The summed E-state index contributed by atoms with van der Waals surface area (Å²) < 4.78 is 13.8. The molecule has 8 heteroatoms. The molecule has 1 aliphatic heterocycles. The van der Waals surface area contributed by atoms with Crippen molar-refractivity contribution in [2.75, 3.05) is 18.4 Å². The van der Waals surface area contributed by atoms with Crippen LogP contribution < -0.4 is 10.6 Å². The number of hydrogen-bond donors (Lipinski definition) is 2. The van der Waals surface area contributed by atoms with Crippen LogP contribution in [0.2, 0.25) is 0 Å². The van der Waals surface area contributed by atoms with E-state index in [1.807, 2.05) is 4.90 Å². The van der Waals surface area contributed by atoms with Crippen LogP contribution in [0.25, 0.3) is 0 Å². The van der Waals surface area contributed by atoms with Crippen molar-refractivity contribution in [3.8, 4) is 0 Å². The molecule has 2 N–H and O–H groups in total. The third kappa shape index (κ3) is 4.45. The Bertz CT molecular complexity index is 656. The molecule has 0 aliphatic carbocycles. The highest BCUT2D eigenvalue weighted by Gasteiger charge is 2.32. The van der Waals surface area contributed by atoms with E-state index in [1.165, 1.54) is 0 Å². The Morgan fingerprint density at radius 2 is 2.00 bits per heavy atom. The number of carbonyl (C=O) groups is 1. The number of nitrogens with one attached hydrogen (secondary N) is 2. The number of pyridine rings is 1. The van der Waals surface area contributed by atoms with E-state index in [4.69, 9.17) is 0 Å². The molecule has 0 spiro atoms. The monoisotopic (exact) mass is 330 g/mol. The van der Waals surface area contributed by atoms with Crippen LogP contribution in [0.4, 0.5) is 15.0 Å². The van der Waals surface area contributed by atoms with Gasteiger partial charge < -0.3 is 5.32 Å². The largest absolute Gasteiger partial charge is 0.336 e. The molecule has 0 unspecified atom stereocenters. The summed E-state index contributed by atoms with van der Waals surface area (Å²) in [5.41, 5.74) is 0. The second-order valence-electron chi connectivity index (χ2n) is 5.63. The van der Waals surface area contributed by atoms with Gasteiger partial charge in [-0.1, -0.05) is 6.07 Å². The van der Waals surface area contributed by atoms with E-state index in [0.29, 0.717) is 37.7 Å². The molecule has 24 heavy (non-hydrogen) atoms. The van der Waals surface area contributed by atoms with Crippen molar-refractivity contribution in [2.24, 2.45) is 0 Å². The Morgan fingerprint density at radius 3 is 2.75 bits per heavy atom. The Labute approximate surface area is 139 Å². The molecule has 0 bridgehead atoms. The molecule has 1 aliphatic rings. The van der Waals surface area contributed by atoms with Gasteiger partial charge in [-0.2, -0.15) is 0 Å². The van der Waals surface area contributed by atoms with E-state index in [-0.39, 0.29) is 12.1 Å². The summed E-state index contributed by atoms with van der Waals surface area (Å²) in [5.74, 6) is 1.12. The summed E-state index contributed by atoms with van der Waals surface area (Å²) in [4.78, 5) is 26.2. The molecule has 2 aromatic heterocycles. The van der Waals surface area contributed by atoms with Crippen molar-refractivity contribution in [1.82, 2.24) is 25.2 Å². The van der Waals surface area contributed by atoms with E-state index in [0.717, 1.165) is 0 Å². The maximum atomic E-state index is 13.8. The first-order valence-corrected chi connectivity index (χ1v) is 7.80. The molecule has 2 amide bonds. The first-order chi connectivity index (χ1) is 11.7. The highest BCUT2D eigenvalue weighted by Crippen LogP contribution is 2.21. The molecular formula is C16H19FN6O. The van der Waals surface area contributed by atoms with Gasteiger partial charge in [0.2, 0.25) is 0 Å². The molecular weight excluding hydrogens is 311 g/mol. The summed E-state index contributed by atoms with van der Waals surface area (Å²) >= 11 is 0. The molecule has 0 saturated carbocycles. The molecule has 2 aromatic rings. The number of urea groups is 1. The van der Waals surface area contributed by atoms with Crippen LogP contribution in [0, 0.1) is 0 Å². The van der Waals surface area contributed by atoms with Crippen molar-refractivity contribution in [2.45, 2.75) is 25.2 Å². The summed E-state index contributed by atoms with van der Waals surface area (Å²) in [5, 5.41) is 5.41. The maximum absolute atomic E-state index is 13.8. The second-order valence-corrected chi connectivity index (χ2v) is 5.63. The van der Waals surface area contributed by atoms with E-state index < -0.39 is 6.17 Å². The fraction of sp³-hybridized carbons (Fsp3) is 0.375. The molecule has 1 fully saturated rings. The summed E-state index contributed by atoms with van der Waals surface area (Å²) in [6, 6.07) is 6.56. The van der Waals surface area contributed by atoms with Crippen molar-refractivity contribution in [3.63, 3.8) is 0 Å². The second kappa shape index (κ2) is 7.78. The lowest BCUT2D eigenvalue weighted by Gasteiger charge is -2.23. The van der Waals surface area contributed by atoms with Gasteiger partial charge in [-0.25, -0.2) is 24.1 Å². The summed E-state index contributed by atoms with van der Waals surface area (Å²) in [6.45, 7) is 1.15. The van der Waals surface area contributed by atoms with Gasteiger partial charge in [-0.3, -0.25) is 10.2 Å². The number of rotatable bonds is 5. The number of hydrogen-bond acceptors (Lipinski definition) is 5. The molecule has 0 aromatic carbocycles. The fourth-order valence-corrected chi connectivity index (χ4v) is 2.73. The summed E-state index contributed by atoms with van der Waals surface area (Å²) in [7, 11) is 0. The van der Waals surface area contributed by atoms with E-state index in [1.54, 1.807) is 42.9 Å². The van der Waals surface area contributed by atoms with Gasteiger partial charge in [0.15, 0.2) is 0 Å². The van der Waals surface area contributed by atoms with E-state index in [9.17, 15) is 9.18 Å². The minimum absolute atomic E-state index is 0.0849. The van der Waals surface area contributed by atoms with Gasteiger partial charge in [0.1, 0.15) is 17.8 Å². The van der Waals surface area contributed by atoms with Crippen LogP contribution >= 0.6 is 0 Å². The standard InChI is InChI=1S/C16H19FN6O/c17-12-8-13(23(10-12)11-15-19-6-3-7-20-15)9-21-16(24)22-14-4-1-2-5-18-14/h1-7,12-13H,8-11H2,(H2,18,21,22,24)/t12-,13-/m0/s1. The van der Waals surface area contributed by atoms with Crippen molar-refractivity contribution in [3.05, 3.63) is 48.7 Å². The Balaban J connectivity index is 1.52. The smallest absolute Gasteiger partial charge is 0.320 e. The number of anilines is 1. The lowest BCUT2D eigenvalue weighted by Crippen LogP contribution is -2.41. The number of aromatic nitrogens is 3. The van der Waals surface area contributed by atoms with Crippen LogP contribution in [0.1, 0.15) is 12.2 Å². The normalized spacial score (nSPS) is 20.7. The topological polar surface area (TPSA) is 83.0 Å². The fourth-order valence-electron chi connectivity index (χ4n) is 2.73. The zero-order chi connectivity index (χ0) is 16.8. The Hall–Kier alpha value is -2.61. The average molecular weight is 330 g/mol.